The molecule has 0 fully saturated rings. The van der Waals surface area contributed by atoms with Crippen LogP contribution >= 0.6 is 0 Å². The molecule has 0 atom stereocenters. The molecule has 0 aliphatic heterocycles. The van der Waals surface area contributed by atoms with E-state index in [2.05, 4.69) is 4.98 Å². The van der Waals surface area contributed by atoms with Gasteiger partial charge in [-0.3, -0.25) is 4.57 Å². The van der Waals surface area contributed by atoms with Crippen molar-refractivity contribution < 1.29 is 4.42 Å². The van der Waals surface area contributed by atoms with Gasteiger partial charge < -0.3 is 9.40 Å². The Morgan fingerprint density at radius 1 is 1.19 bits per heavy atom. The van der Waals surface area contributed by atoms with Crippen molar-refractivity contribution in [1.29, 1.82) is 0 Å². The number of hydrogen-bond acceptors (Lipinski definition) is 2. The normalized spacial score (nSPS) is 11.0. The minimum Gasteiger partial charge on any atom is -0.467 e. The molecule has 16 heavy (non-hydrogen) atoms. The topological polar surface area (TPSA) is 50.9 Å². The van der Waals surface area contributed by atoms with Crippen LogP contribution in [0.25, 0.3) is 11.0 Å². The van der Waals surface area contributed by atoms with E-state index in [1.54, 1.807) is 10.8 Å². The predicted octanol–water partition coefficient (Wildman–Crippen LogP) is 1.97. The first-order chi connectivity index (χ1) is 7.84. The lowest BCUT2D eigenvalue weighted by Gasteiger charge is -1.99. The van der Waals surface area contributed by atoms with E-state index in [4.69, 9.17) is 4.42 Å². The van der Waals surface area contributed by atoms with Crippen LogP contribution in [0.15, 0.2) is 51.9 Å². The van der Waals surface area contributed by atoms with E-state index >= 15 is 0 Å². The molecule has 1 aromatic carbocycles. The first-order valence-corrected chi connectivity index (χ1v) is 5.04. The van der Waals surface area contributed by atoms with Crippen LogP contribution in [0.3, 0.4) is 0 Å². The summed E-state index contributed by atoms with van der Waals surface area (Å²) in [6.07, 6.45) is 1.61. The molecule has 2 heterocycles. The highest BCUT2D eigenvalue weighted by molar-refractivity contribution is 5.74. The first-order valence-electron chi connectivity index (χ1n) is 5.04. The molecule has 4 heteroatoms. The van der Waals surface area contributed by atoms with Crippen molar-refractivity contribution in [2.45, 2.75) is 6.54 Å². The fraction of sp³-hybridized carbons (Fsp3) is 0.0833. The summed E-state index contributed by atoms with van der Waals surface area (Å²) in [7, 11) is 0. The molecule has 0 amide bonds. The molecule has 80 valence electrons. The highest BCUT2D eigenvalue weighted by atomic mass is 16.3. The zero-order valence-corrected chi connectivity index (χ0v) is 8.51. The summed E-state index contributed by atoms with van der Waals surface area (Å²) in [4.78, 5) is 14.5. The van der Waals surface area contributed by atoms with Crippen molar-refractivity contribution >= 4 is 11.0 Å². The van der Waals surface area contributed by atoms with Gasteiger partial charge in [-0.2, -0.15) is 0 Å². The molecule has 3 aromatic rings. The maximum Gasteiger partial charge on any atom is 0.326 e. The van der Waals surface area contributed by atoms with Crippen LogP contribution in [0.1, 0.15) is 5.76 Å². The number of furan rings is 1. The number of aromatic amines is 1. The third kappa shape index (κ3) is 1.35. The lowest BCUT2D eigenvalue weighted by molar-refractivity contribution is 0.493. The second kappa shape index (κ2) is 3.41. The van der Waals surface area contributed by atoms with E-state index in [-0.39, 0.29) is 5.69 Å². The fourth-order valence-electron chi connectivity index (χ4n) is 1.82. The molecule has 0 aliphatic rings. The van der Waals surface area contributed by atoms with Gasteiger partial charge in [-0.1, -0.05) is 12.1 Å². The summed E-state index contributed by atoms with van der Waals surface area (Å²) in [6.45, 7) is 0.454. The summed E-state index contributed by atoms with van der Waals surface area (Å²) in [5, 5.41) is 0. The molecule has 0 unspecified atom stereocenters. The number of rotatable bonds is 2. The van der Waals surface area contributed by atoms with Gasteiger partial charge in [0.2, 0.25) is 0 Å². The van der Waals surface area contributed by atoms with Gasteiger partial charge in [-0.15, -0.1) is 0 Å². The third-order valence-corrected chi connectivity index (χ3v) is 2.58. The Balaban J connectivity index is 2.16. The smallest absolute Gasteiger partial charge is 0.326 e. The Morgan fingerprint density at radius 3 is 2.88 bits per heavy atom. The molecule has 0 bridgehead atoms. The molecule has 0 saturated heterocycles. The zero-order chi connectivity index (χ0) is 11.0. The van der Waals surface area contributed by atoms with Gasteiger partial charge in [0.05, 0.1) is 23.8 Å². The summed E-state index contributed by atoms with van der Waals surface area (Å²) in [5.74, 6) is 0.770. The van der Waals surface area contributed by atoms with Crippen molar-refractivity contribution in [3.05, 3.63) is 58.9 Å². The molecule has 2 aromatic heterocycles. The highest BCUT2D eigenvalue weighted by Gasteiger charge is 2.07. The number of nitrogens with one attached hydrogen (secondary N) is 1. The molecule has 0 spiro atoms. The number of aromatic nitrogens is 2. The quantitative estimate of drug-likeness (QED) is 0.709. The van der Waals surface area contributed by atoms with E-state index in [1.807, 2.05) is 36.4 Å². The van der Waals surface area contributed by atoms with Crippen molar-refractivity contribution in [3.8, 4) is 0 Å². The summed E-state index contributed by atoms with van der Waals surface area (Å²) >= 11 is 0. The van der Waals surface area contributed by atoms with E-state index in [9.17, 15) is 4.79 Å². The zero-order valence-electron chi connectivity index (χ0n) is 8.51. The largest absolute Gasteiger partial charge is 0.467 e. The predicted molar refractivity (Wildman–Crippen MR) is 60.4 cm³/mol. The summed E-state index contributed by atoms with van der Waals surface area (Å²) < 4.78 is 6.90. The van der Waals surface area contributed by atoms with Gasteiger partial charge in [0.15, 0.2) is 0 Å². The Hall–Kier alpha value is -2.23. The van der Waals surface area contributed by atoms with Crippen LogP contribution in [0.5, 0.6) is 0 Å². The maximum absolute atomic E-state index is 11.7. The van der Waals surface area contributed by atoms with E-state index in [0.717, 1.165) is 16.8 Å². The third-order valence-electron chi connectivity index (χ3n) is 2.58. The van der Waals surface area contributed by atoms with Crippen molar-refractivity contribution in [1.82, 2.24) is 9.55 Å². The molecular formula is C12H10N2O2. The van der Waals surface area contributed by atoms with Crippen LogP contribution in [0.2, 0.25) is 0 Å². The van der Waals surface area contributed by atoms with E-state index in [0.29, 0.717) is 6.54 Å². The number of para-hydroxylation sites is 2. The van der Waals surface area contributed by atoms with Crippen LogP contribution in [-0.4, -0.2) is 9.55 Å². The number of fused-ring (bicyclic) bond motifs is 1. The number of imidazole rings is 1. The standard InChI is InChI=1S/C12H10N2O2/c15-12-13-10-5-1-2-6-11(10)14(12)8-9-4-3-7-16-9/h1-7H,8H2,(H,13,15). The Bertz CT molecular complexity index is 662. The van der Waals surface area contributed by atoms with Gasteiger partial charge in [0.25, 0.3) is 0 Å². The van der Waals surface area contributed by atoms with Crippen molar-refractivity contribution in [2.24, 2.45) is 0 Å². The number of H-pyrrole nitrogens is 1. The number of hydrogen-bond donors (Lipinski definition) is 1. The molecule has 0 radical (unpaired) electrons. The minimum atomic E-state index is -0.113. The van der Waals surface area contributed by atoms with Crippen LogP contribution in [-0.2, 0) is 6.54 Å². The second-order valence-electron chi connectivity index (χ2n) is 3.61. The molecule has 4 nitrogen and oxygen atoms in total. The van der Waals surface area contributed by atoms with Gasteiger partial charge in [-0.05, 0) is 24.3 Å². The number of nitrogens with zero attached hydrogens (tertiary/aromatic N) is 1. The van der Waals surface area contributed by atoms with Gasteiger partial charge in [-0.25, -0.2) is 4.79 Å². The monoisotopic (exact) mass is 214 g/mol. The van der Waals surface area contributed by atoms with E-state index < -0.39 is 0 Å². The molecule has 3 rings (SSSR count). The Morgan fingerprint density at radius 2 is 2.06 bits per heavy atom. The average Bonchev–Trinajstić information content (AvgIpc) is 2.89. The minimum absolute atomic E-state index is 0.113. The second-order valence-corrected chi connectivity index (χ2v) is 3.61. The lowest BCUT2D eigenvalue weighted by atomic mass is 10.3. The Kier molecular flexibility index (Phi) is 1.93. The van der Waals surface area contributed by atoms with Crippen LogP contribution in [0, 0.1) is 0 Å². The van der Waals surface area contributed by atoms with Gasteiger partial charge in [0.1, 0.15) is 5.76 Å². The summed E-state index contributed by atoms with van der Waals surface area (Å²) in [6, 6.07) is 11.3. The Labute approximate surface area is 91.1 Å². The fourth-order valence-corrected chi connectivity index (χ4v) is 1.82. The highest BCUT2D eigenvalue weighted by Crippen LogP contribution is 2.11. The van der Waals surface area contributed by atoms with Crippen molar-refractivity contribution in [2.75, 3.05) is 0 Å². The van der Waals surface area contributed by atoms with Gasteiger partial charge >= 0.3 is 5.69 Å². The van der Waals surface area contributed by atoms with Gasteiger partial charge in [0, 0.05) is 0 Å². The molecule has 0 saturated carbocycles. The van der Waals surface area contributed by atoms with Crippen LogP contribution < -0.4 is 5.69 Å². The lowest BCUT2D eigenvalue weighted by Crippen LogP contribution is -2.16. The number of benzene rings is 1. The molecular weight excluding hydrogens is 204 g/mol. The summed E-state index contributed by atoms with van der Waals surface area (Å²) in [5.41, 5.74) is 1.63. The van der Waals surface area contributed by atoms with Crippen LogP contribution in [0.4, 0.5) is 0 Å². The molecule has 0 aliphatic carbocycles. The van der Waals surface area contributed by atoms with Crippen molar-refractivity contribution in [3.63, 3.8) is 0 Å². The maximum atomic E-state index is 11.7. The van der Waals surface area contributed by atoms with E-state index in [1.165, 1.54) is 0 Å². The first kappa shape index (κ1) is 9.03. The SMILES string of the molecule is O=c1[nH]c2ccccc2n1Cc1ccco1. The average molecular weight is 214 g/mol. The molecule has 1 N–H and O–H groups in total.